The van der Waals surface area contributed by atoms with Gasteiger partial charge in [0.25, 0.3) is 5.60 Å². The molecule has 0 saturated carbocycles. The van der Waals surface area contributed by atoms with Crippen molar-refractivity contribution in [1.29, 1.82) is 0 Å². The zero-order valence-corrected chi connectivity index (χ0v) is 8.44. The van der Waals surface area contributed by atoms with E-state index in [4.69, 9.17) is 9.84 Å². The zero-order valence-electron chi connectivity index (χ0n) is 8.44. The summed E-state index contributed by atoms with van der Waals surface area (Å²) in [6.07, 6.45) is -12.2. The Bertz CT molecular complexity index is 241. The number of alkyl halides is 6. The molecule has 9 heteroatoms. The van der Waals surface area contributed by atoms with Gasteiger partial charge in [-0.3, -0.25) is 0 Å². The largest absolute Gasteiger partial charge is 0.428 e. The van der Waals surface area contributed by atoms with Gasteiger partial charge in [0.2, 0.25) is 0 Å². The molecule has 1 N–H and O–H groups in total. The quantitative estimate of drug-likeness (QED) is 0.796. The highest BCUT2D eigenvalue weighted by molar-refractivity contribution is 4.94. The van der Waals surface area contributed by atoms with Crippen LogP contribution in [-0.2, 0) is 9.47 Å². The molecule has 3 nitrogen and oxygen atoms in total. The summed E-state index contributed by atoms with van der Waals surface area (Å²) >= 11 is 0. The molecule has 1 heterocycles. The number of rotatable bonds is 3. The van der Waals surface area contributed by atoms with Crippen LogP contribution in [0.5, 0.6) is 0 Å². The lowest BCUT2D eigenvalue weighted by Gasteiger charge is -2.32. The van der Waals surface area contributed by atoms with E-state index in [1.54, 1.807) is 0 Å². The Kier molecular flexibility index (Phi) is 3.94. The zero-order chi connectivity index (χ0) is 13.3. The molecular formula is C8H10F6O3. The van der Waals surface area contributed by atoms with Gasteiger partial charge in [0.1, 0.15) is 0 Å². The first-order valence-electron chi connectivity index (χ1n) is 4.67. The molecule has 0 spiro atoms. The Hall–Kier alpha value is -0.540. The van der Waals surface area contributed by atoms with Gasteiger partial charge < -0.3 is 14.6 Å². The third-order valence-electron chi connectivity index (χ3n) is 2.30. The fourth-order valence-corrected chi connectivity index (χ4v) is 1.22. The minimum Gasteiger partial charge on any atom is -0.372 e. The van der Waals surface area contributed by atoms with Crippen LogP contribution in [0.3, 0.4) is 0 Å². The second-order valence-corrected chi connectivity index (χ2v) is 3.61. The van der Waals surface area contributed by atoms with Crippen LogP contribution < -0.4 is 0 Å². The van der Waals surface area contributed by atoms with E-state index in [0.29, 0.717) is 6.42 Å². The molecule has 1 rings (SSSR count). The van der Waals surface area contributed by atoms with E-state index in [9.17, 15) is 26.3 Å². The second-order valence-electron chi connectivity index (χ2n) is 3.61. The van der Waals surface area contributed by atoms with E-state index in [1.807, 2.05) is 0 Å². The van der Waals surface area contributed by atoms with E-state index < -0.39 is 30.9 Å². The first-order valence-corrected chi connectivity index (χ1v) is 4.67. The monoisotopic (exact) mass is 268 g/mol. The average Bonchev–Trinajstić information content (AvgIpc) is 2.62. The molecule has 0 aliphatic carbocycles. The summed E-state index contributed by atoms with van der Waals surface area (Å²) in [5, 5.41) is 8.71. The van der Waals surface area contributed by atoms with Crippen molar-refractivity contribution >= 4 is 0 Å². The highest BCUT2D eigenvalue weighted by Crippen LogP contribution is 2.43. The van der Waals surface area contributed by atoms with Crippen molar-refractivity contribution in [3.05, 3.63) is 0 Å². The smallest absolute Gasteiger partial charge is 0.372 e. The maximum Gasteiger partial charge on any atom is 0.428 e. The Morgan fingerprint density at radius 1 is 1.12 bits per heavy atom. The van der Waals surface area contributed by atoms with Gasteiger partial charge in [-0.15, -0.1) is 0 Å². The molecule has 0 bridgehead atoms. The van der Waals surface area contributed by atoms with E-state index >= 15 is 0 Å². The molecule has 0 aromatic rings. The first kappa shape index (κ1) is 14.5. The van der Waals surface area contributed by atoms with Crippen molar-refractivity contribution in [2.24, 2.45) is 0 Å². The fraction of sp³-hybridized carbons (Fsp3) is 1.00. The van der Waals surface area contributed by atoms with Gasteiger partial charge in [0.15, 0.2) is 6.29 Å². The first-order chi connectivity index (χ1) is 7.58. The molecule has 1 aliphatic rings. The second kappa shape index (κ2) is 4.62. The van der Waals surface area contributed by atoms with E-state index in [0.717, 1.165) is 0 Å². The van der Waals surface area contributed by atoms with Crippen LogP contribution in [0.25, 0.3) is 0 Å². The molecule has 0 aromatic heterocycles. The SMILES string of the molecule is OC(COC1CCCO1)(C(F)(F)F)C(F)(F)F. The van der Waals surface area contributed by atoms with Crippen molar-refractivity contribution in [2.75, 3.05) is 13.2 Å². The van der Waals surface area contributed by atoms with Crippen molar-refractivity contribution in [3.63, 3.8) is 0 Å². The van der Waals surface area contributed by atoms with Crippen molar-refractivity contribution in [2.45, 2.75) is 37.1 Å². The molecule has 17 heavy (non-hydrogen) atoms. The maximum absolute atomic E-state index is 12.2. The van der Waals surface area contributed by atoms with Gasteiger partial charge in [-0.05, 0) is 6.42 Å². The fourth-order valence-electron chi connectivity index (χ4n) is 1.22. The van der Waals surface area contributed by atoms with Crippen LogP contribution in [-0.4, -0.2) is 42.6 Å². The standard InChI is InChI=1S/C8H10F6O3/c9-7(10,11)6(15,8(12,13)14)4-17-5-2-1-3-16-5/h5,15H,1-4H2. The maximum atomic E-state index is 12.2. The van der Waals surface area contributed by atoms with Crippen LogP contribution in [0.2, 0.25) is 0 Å². The molecule has 1 atom stereocenters. The third kappa shape index (κ3) is 3.02. The Morgan fingerprint density at radius 2 is 1.65 bits per heavy atom. The highest BCUT2D eigenvalue weighted by Gasteiger charge is 2.70. The van der Waals surface area contributed by atoms with Crippen molar-refractivity contribution in [1.82, 2.24) is 0 Å². The predicted octanol–water partition coefficient (Wildman–Crippen LogP) is 2.00. The summed E-state index contributed by atoms with van der Waals surface area (Å²) in [6, 6.07) is 0. The summed E-state index contributed by atoms with van der Waals surface area (Å²) in [5.41, 5.74) is -4.87. The average molecular weight is 268 g/mol. The van der Waals surface area contributed by atoms with Crippen LogP contribution in [0.15, 0.2) is 0 Å². The van der Waals surface area contributed by atoms with Crippen LogP contribution in [0.1, 0.15) is 12.8 Å². The summed E-state index contributed by atoms with van der Waals surface area (Å²) in [7, 11) is 0. The van der Waals surface area contributed by atoms with Gasteiger partial charge in [-0.25, -0.2) is 0 Å². The van der Waals surface area contributed by atoms with Gasteiger partial charge in [0.05, 0.1) is 6.61 Å². The summed E-state index contributed by atoms with van der Waals surface area (Å²) in [4.78, 5) is 0. The topological polar surface area (TPSA) is 38.7 Å². The molecule has 1 unspecified atom stereocenters. The van der Waals surface area contributed by atoms with Gasteiger partial charge >= 0.3 is 12.4 Å². The molecule has 1 saturated heterocycles. The van der Waals surface area contributed by atoms with Crippen molar-refractivity contribution < 1.29 is 40.9 Å². The van der Waals surface area contributed by atoms with E-state index in [1.165, 1.54) is 0 Å². The lowest BCUT2D eigenvalue weighted by Crippen LogP contribution is -2.60. The molecule has 0 amide bonds. The lowest BCUT2D eigenvalue weighted by molar-refractivity contribution is -0.383. The van der Waals surface area contributed by atoms with Crippen LogP contribution >= 0.6 is 0 Å². The summed E-state index contributed by atoms with van der Waals surface area (Å²) in [5.74, 6) is 0. The van der Waals surface area contributed by atoms with Crippen LogP contribution in [0.4, 0.5) is 26.3 Å². The van der Waals surface area contributed by atoms with Crippen LogP contribution in [0, 0.1) is 0 Å². The van der Waals surface area contributed by atoms with Gasteiger partial charge in [0, 0.05) is 13.0 Å². The van der Waals surface area contributed by atoms with E-state index in [2.05, 4.69) is 4.74 Å². The Morgan fingerprint density at radius 3 is 2.00 bits per heavy atom. The van der Waals surface area contributed by atoms with E-state index in [-0.39, 0.29) is 13.0 Å². The number of ether oxygens (including phenoxy) is 2. The number of aliphatic hydroxyl groups is 1. The normalized spacial score (nSPS) is 23.1. The molecule has 0 aromatic carbocycles. The highest BCUT2D eigenvalue weighted by atomic mass is 19.4. The number of hydrogen-bond donors (Lipinski definition) is 1. The summed E-state index contributed by atoms with van der Waals surface area (Å²) < 4.78 is 82.1. The minimum atomic E-state index is -5.86. The predicted molar refractivity (Wildman–Crippen MR) is 42.0 cm³/mol. The van der Waals surface area contributed by atoms with Gasteiger partial charge in [-0.1, -0.05) is 0 Å². The molecule has 1 aliphatic heterocycles. The molecule has 1 fully saturated rings. The number of halogens is 6. The minimum absolute atomic E-state index is 0.200. The third-order valence-corrected chi connectivity index (χ3v) is 2.30. The Labute approximate surface area is 92.3 Å². The van der Waals surface area contributed by atoms with Crippen molar-refractivity contribution in [3.8, 4) is 0 Å². The lowest BCUT2D eigenvalue weighted by atomic mass is 10.0. The molecular weight excluding hydrogens is 258 g/mol. The number of hydrogen-bond acceptors (Lipinski definition) is 3. The molecule has 102 valence electrons. The van der Waals surface area contributed by atoms with Gasteiger partial charge in [-0.2, -0.15) is 26.3 Å². The molecule has 0 radical (unpaired) electrons. The summed E-state index contributed by atoms with van der Waals surface area (Å²) in [6.45, 7) is -1.72. The Balaban J connectivity index is 2.71.